The smallest absolute Gasteiger partial charge is 0.0546 e. The van der Waals surface area contributed by atoms with Crippen LogP contribution in [0, 0.1) is 0 Å². The first-order valence-corrected chi connectivity index (χ1v) is 20.3. The molecule has 0 bridgehead atoms. The molecule has 0 fully saturated rings. The van der Waals surface area contributed by atoms with E-state index in [1.54, 1.807) is 0 Å². The van der Waals surface area contributed by atoms with E-state index < -0.39 is 0 Å². The van der Waals surface area contributed by atoms with Crippen LogP contribution in [0.15, 0.2) is 237 Å². The predicted octanol–water partition coefficient (Wildman–Crippen LogP) is 16.4. The maximum atomic E-state index is 2.45. The second-order valence-electron chi connectivity index (χ2n) is 15.3. The summed E-state index contributed by atoms with van der Waals surface area (Å²) in [5, 5.41) is 9.98. The van der Waals surface area contributed by atoms with Gasteiger partial charge in [-0.25, -0.2) is 0 Å². The van der Waals surface area contributed by atoms with Crippen LogP contribution in [-0.2, 0) is 0 Å². The second-order valence-corrected chi connectivity index (χ2v) is 15.3. The molecule has 11 aromatic carbocycles. The van der Waals surface area contributed by atoms with Gasteiger partial charge < -0.3 is 4.90 Å². The first-order valence-electron chi connectivity index (χ1n) is 20.3. The normalized spacial score (nSPS) is 11.4. The monoisotopic (exact) mass is 749 g/mol. The lowest BCUT2D eigenvalue weighted by molar-refractivity contribution is 1.28. The highest BCUT2D eigenvalue weighted by Crippen LogP contribution is 2.46. The maximum absolute atomic E-state index is 2.45. The molecule has 0 atom stereocenters. The zero-order valence-electron chi connectivity index (χ0n) is 32.5. The summed E-state index contributed by atoms with van der Waals surface area (Å²) in [4.78, 5) is 2.45. The Morgan fingerprint density at radius 1 is 0.220 bits per heavy atom. The van der Waals surface area contributed by atoms with Crippen LogP contribution < -0.4 is 4.90 Å². The van der Waals surface area contributed by atoms with Crippen LogP contribution in [0.2, 0.25) is 0 Å². The molecule has 0 saturated heterocycles. The van der Waals surface area contributed by atoms with Gasteiger partial charge in [0.25, 0.3) is 0 Å². The van der Waals surface area contributed by atoms with Gasteiger partial charge in [-0.05, 0) is 124 Å². The quantitative estimate of drug-likeness (QED) is 0.147. The minimum absolute atomic E-state index is 1.09. The van der Waals surface area contributed by atoms with Crippen LogP contribution in [-0.4, -0.2) is 0 Å². The molecule has 276 valence electrons. The van der Waals surface area contributed by atoms with E-state index in [0.717, 1.165) is 22.6 Å². The fourth-order valence-corrected chi connectivity index (χ4v) is 8.93. The summed E-state index contributed by atoms with van der Waals surface area (Å²) in [6.07, 6.45) is 0. The third kappa shape index (κ3) is 6.30. The van der Waals surface area contributed by atoms with E-state index >= 15 is 0 Å². The van der Waals surface area contributed by atoms with Crippen LogP contribution in [0.4, 0.5) is 17.1 Å². The summed E-state index contributed by atoms with van der Waals surface area (Å²) in [6.45, 7) is 0. The van der Waals surface area contributed by atoms with Crippen molar-refractivity contribution in [3.8, 4) is 44.5 Å². The number of anilines is 3. The van der Waals surface area contributed by atoms with Crippen LogP contribution in [0.5, 0.6) is 0 Å². The van der Waals surface area contributed by atoms with Gasteiger partial charge in [-0.1, -0.05) is 194 Å². The lowest BCUT2D eigenvalue weighted by Gasteiger charge is -2.29. The fraction of sp³-hybridized carbons (Fsp3) is 0. The highest BCUT2D eigenvalue weighted by atomic mass is 15.1. The molecule has 0 aliphatic rings. The molecule has 0 unspecified atom stereocenters. The Hall–Kier alpha value is -7.74. The molecule has 11 aromatic rings. The average Bonchev–Trinajstić information content (AvgIpc) is 3.31. The van der Waals surface area contributed by atoms with Crippen LogP contribution in [0.25, 0.3) is 87.6 Å². The SMILES string of the molecule is c1ccc(-c2ccc(-c3cc4ccccc4c4ccccc34)cc2N(c2ccc(-c3ccc4ccccc4c3)cc2)c2cccc(-c3cccc4ccccc34)c2)cc1. The van der Waals surface area contributed by atoms with Crippen LogP contribution in [0.3, 0.4) is 0 Å². The van der Waals surface area contributed by atoms with Crippen molar-refractivity contribution >= 4 is 60.2 Å². The average molecular weight is 750 g/mol. The minimum atomic E-state index is 1.09. The van der Waals surface area contributed by atoms with E-state index in [1.807, 2.05) is 0 Å². The third-order valence-corrected chi connectivity index (χ3v) is 11.8. The first kappa shape index (κ1) is 34.5. The van der Waals surface area contributed by atoms with E-state index in [2.05, 4.69) is 241 Å². The van der Waals surface area contributed by atoms with E-state index in [9.17, 15) is 0 Å². The van der Waals surface area contributed by atoms with Crippen molar-refractivity contribution in [2.45, 2.75) is 0 Å². The van der Waals surface area contributed by atoms with Gasteiger partial charge in [0.2, 0.25) is 0 Å². The van der Waals surface area contributed by atoms with Gasteiger partial charge >= 0.3 is 0 Å². The summed E-state index contributed by atoms with van der Waals surface area (Å²) in [5.74, 6) is 0. The molecule has 0 amide bonds. The van der Waals surface area contributed by atoms with E-state index in [0.29, 0.717) is 0 Å². The molecule has 0 aliphatic carbocycles. The van der Waals surface area contributed by atoms with Crippen LogP contribution in [0.1, 0.15) is 0 Å². The number of benzene rings is 11. The Balaban J connectivity index is 1.14. The fourth-order valence-electron chi connectivity index (χ4n) is 8.93. The number of rotatable bonds is 7. The Kier molecular flexibility index (Phi) is 8.56. The standard InChI is InChI=1S/C58H39N/c1-2-15-43(16-3-1)54-35-32-48(57-38-47-19-7-9-24-53(47)55-25-10-11-26-56(55)57)39-58(54)59(49-33-30-41(31-34-49)45-29-28-40-14-4-5-18-44(40)36-45)50-22-12-21-46(37-50)52-27-13-20-42-17-6-8-23-51(42)52/h1-39H. The minimum Gasteiger partial charge on any atom is -0.310 e. The molecule has 0 spiro atoms. The van der Waals surface area contributed by atoms with Gasteiger partial charge in [0.15, 0.2) is 0 Å². The summed E-state index contributed by atoms with van der Waals surface area (Å²) in [6, 6.07) is 86.4. The first-order chi connectivity index (χ1) is 29.2. The second kappa shape index (κ2) is 14.6. The van der Waals surface area contributed by atoms with Crippen molar-refractivity contribution < 1.29 is 0 Å². The molecule has 0 aromatic heterocycles. The summed E-state index contributed by atoms with van der Waals surface area (Å²) in [5.41, 5.74) is 12.8. The van der Waals surface area contributed by atoms with Gasteiger partial charge in [0, 0.05) is 16.9 Å². The Labute approximate surface area is 344 Å². The maximum Gasteiger partial charge on any atom is 0.0546 e. The topological polar surface area (TPSA) is 3.24 Å². The third-order valence-electron chi connectivity index (χ3n) is 11.8. The highest BCUT2D eigenvalue weighted by molar-refractivity contribution is 6.14. The molecule has 11 rings (SSSR count). The van der Waals surface area contributed by atoms with Crippen molar-refractivity contribution in [2.24, 2.45) is 0 Å². The zero-order valence-corrected chi connectivity index (χ0v) is 32.5. The molecule has 1 heteroatoms. The van der Waals surface area contributed by atoms with E-state index in [4.69, 9.17) is 0 Å². The molecule has 0 saturated carbocycles. The van der Waals surface area contributed by atoms with Crippen molar-refractivity contribution in [3.05, 3.63) is 237 Å². The molecule has 0 heterocycles. The molecule has 1 nitrogen and oxygen atoms in total. The summed E-state index contributed by atoms with van der Waals surface area (Å²) < 4.78 is 0. The molecule has 0 radical (unpaired) electrons. The summed E-state index contributed by atoms with van der Waals surface area (Å²) in [7, 11) is 0. The van der Waals surface area contributed by atoms with Crippen molar-refractivity contribution in [1.82, 2.24) is 0 Å². The molecule has 0 aliphatic heterocycles. The van der Waals surface area contributed by atoms with Gasteiger partial charge in [-0.15, -0.1) is 0 Å². The van der Waals surface area contributed by atoms with E-state index in [1.165, 1.54) is 82.0 Å². The molecular weight excluding hydrogens is 711 g/mol. The van der Waals surface area contributed by atoms with Gasteiger partial charge in [0.05, 0.1) is 5.69 Å². The van der Waals surface area contributed by atoms with Crippen molar-refractivity contribution in [1.29, 1.82) is 0 Å². The lowest BCUT2D eigenvalue weighted by Crippen LogP contribution is -2.11. The lowest BCUT2D eigenvalue weighted by atomic mass is 9.91. The Morgan fingerprint density at radius 3 is 1.64 bits per heavy atom. The number of hydrogen-bond donors (Lipinski definition) is 0. The van der Waals surface area contributed by atoms with Gasteiger partial charge in [-0.3, -0.25) is 0 Å². The molecular formula is C58H39N. The van der Waals surface area contributed by atoms with Gasteiger partial charge in [-0.2, -0.15) is 0 Å². The zero-order chi connectivity index (χ0) is 39.1. The number of hydrogen-bond acceptors (Lipinski definition) is 1. The van der Waals surface area contributed by atoms with Crippen molar-refractivity contribution in [3.63, 3.8) is 0 Å². The van der Waals surface area contributed by atoms with Crippen LogP contribution >= 0.6 is 0 Å². The van der Waals surface area contributed by atoms with Gasteiger partial charge in [0.1, 0.15) is 0 Å². The molecule has 59 heavy (non-hydrogen) atoms. The van der Waals surface area contributed by atoms with E-state index in [-0.39, 0.29) is 0 Å². The Morgan fingerprint density at radius 2 is 0.814 bits per heavy atom. The Bertz CT molecular complexity index is 3320. The highest BCUT2D eigenvalue weighted by Gasteiger charge is 2.21. The van der Waals surface area contributed by atoms with Crippen molar-refractivity contribution in [2.75, 3.05) is 4.90 Å². The number of fused-ring (bicyclic) bond motifs is 5. The molecule has 0 N–H and O–H groups in total. The largest absolute Gasteiger partial charge is 0.310 e. The predicted molar refractivity (Wildman–Crippen MR) is 253 cm³/mol. The number of nitrogens with zero attached hydrogens (tertiary/aromatic N) is 1. The summed E-state index contributed by atoms with van der Waals surface area (Å²) >= 11 is 0.